The summed E-state index contributed by atoms with van der Waals surface area (Å²) >= 11 is 0. The zero-order valence-corrected chi connectivity index (χ0v) is 10.1. The van der Waals surface area contributed by atoms with Gasteiger partial charge in [0.2, 0.25) is 11.9 Å². The van der Waals surface area contributed by atoms with Crippen molar-refractivity contribution in [2.75, 3.05) is 30.4 Å². The maximum Gasteiger partial charge on any atom is 0.224 e. The highest BCUT2D eigenvalue weighted by Gasteiger charge is 2.28. The van der Waals surface area contributed by atoms with Crippen molar-refractivity contribution >= 4 is 17.7 Å². The average Bonchev–Trinajstić information content (AvgIpc) is 2.79. The fourth-order valence-electron chi connectivity index (χ4n) is 2.06. The molecule has 0 bridgehead atoms. The molecule has 1 aromatic heterocycles. The van der Waals surface area contributed by atoms with Gasteiger partial charge < -0.3 is 16.0 Å². The number of carbonyl (C=O) groups is 1. The van der Waals surface area contributed by atoms with E-state index in [1.165, 1.54) is 0 Å². The zero-order chi connectivity index (χ0) is 12.4. The van der Waals surface area contributed by atoms with Gasteiger partial charge in [0.15, 0.2) is 0 Å². The van der Waals surface area contributed by atoms with Crippen LogP contribution >= 0.6 is 0 Å². The van der Waals surface area contributed by atoms with Crippen molar-refractivity contribution in [3.8, 4) is 0 Å². The summed E-state index contributed by atoms with van der Waals surface area (Å²) in [6, 6.07) is 0. The predicted octanol–water partition coefficient (Wildman–Crippen LogP) is 0.138. The molecule has 0 aliphatic carbocycles. The Balaban J connectivity index is 2.20. The van der Waals surface area contributed by atoms with Gasteiger partial charge in [-0.05, 0) is 13.3 Å². The molecule has 0 radical (unpaired) electrons. The Morgan fingerprint density at radius 2 is 2.41 bits per heavy atom. The number of rotatable bonds is 3. The highest BCUT2D eigenvalue weighted by molar-refractivity contribution is 5.78. The van der Waals surface area contributed by atoms with Crippen molar-refractivity contribution in [2.24, 2.45) is 11.7 Å². The molecule has 2 rings (SSSR count). The number of hydrogen-bond donors (Lipinski definition) is 2. The van der Waals surface area contributed by atoms with E-state index in [4.69, 9.17) is 5.73 Å². The molecule has 1 fully saturated rings. The zero-order valence-electron chi connectivity index (χ0n) is 10.1. The van der Waals surface area contributed by atoms with Crippen molar-refractivity contribution < 1.29 is 4.79 Å². The minimum atomic E-state index is -0.229. The van der Waals surface area contributed by atoms with Crippen LogP contribution in [0, 0.1) is 12.8 Å². The third-order valence-corrected chi connectivity index (χ3v) is 3.06. The molecule has 1 aromatic rings. The van der Waals surface area contributed by atoms with Crippen LogP contribution in [0.15, 0.2) is 6.20 Å². The number of carbonyl (C=O) groups excluding carboxylic acids is 1. The van der Waals surface area contributed by atoms with Gasteiger partial charge in [-0.3, -0.25) is 4.79 Å². The molecule has 1 aliphatic heterocycles. The molecule has 0 saturated carbocycles. The first-order valence-corrected chi connectivity index (χ1v) is 5.67. The highest BCUT2D eigenvalue weighted by atomic mass is 16.1. The first-order valence-electron chi connectivity index (χ1n) is 5.67. The summed E-state index contributed by atoms with van der Waals surface area (Å²) in [5.74, 6) is 1.18. The lowest BCUT2D eigenvalue weighted by Crippen LogP contribution is -2.28. The van der Waals surface area contributed by atoms with E-state index in [-0.39, 0.29) is 11.8 Å². The maximum atomic E-state index is 11.1. The Bertz CT molecular complexity index is 434. The van der Waals surface area contributed by atoms with Crippen molar-refractivity contribution in [1.29, 1.82) is 0 Å². The molecule has 6 nitrogen and oxygen atoms in total. The highest BCUT2D eigenvalue weighted by Crippen LogP contribution is 2.25. The summed E-state index contributed by atoms with van der Waals surface area (Å²) in [6.45, 7) is 3.43. The van der Waals surface area contributed by atoms with Crippen molar-refractivity contribution in [2.45, 2.75) is 13.3 Å². The Morgan fingerprint density at radius 3 is 3.00 bits per heavy atom. The minimum Gasteiger partial charge on any atom is -0.369 e. The topological polar surface area (TPSA) is 84.1 Å². The molecule has 0 spiro atoms. The van der Waals surface area contributed by atoms with Crippen LogP contribution in [0.1, 0.15) is 12.0 Å². The van der Waals surface area contributed by atoms with E-state index < -0.39 is 0 Å². The van der Waals surface area contributed by atoms with Crippen LogP contribution < -0.4 is 16.0 Å². The third-order valence-electron chi connectivity index (χ3n) is 3.06. The number of amides is 1. The van der Waals surface area contributed by atoms with Gasteiger partial charge in [-0.25, -0.2) is 4.98 Å². The average molecular weight is 235 g/mol. The standard InChI is InChI=1S/C11H17N5O/c1-7-5-14-11(13-2)15-10(7)16-4-3-8(6-16)9(12)17/h5,8H,3-4,6H2,1-2H3,(H2,12,17)(H,13,14,15). The molecule has 1 saturated heterocycles. The maximum absolute atomic E-state index is 11.1. The second-order valence-corrected chi connectivity index (χ2v) is 4.28. The van der Waals surface area contributed by atoms with Gasteiger partial charge in [0.25, 0.3) is 0 Å². The van der Waals surface area contributed by atoms with Crippen LogP contribution in [0.4, 0.5) is 11.8 Å². The van der Waals surface area contributed by atoms with E-state index in [9.17, 15) is 4.79 Å². The lowest BCUT2D eigenvalue weighted by molar-refractivity contribution is -0.121. The number of aromatic nitrogens is 2. The largest absolute Gasteiger partial charge is 0.369 e. The van der Waals surface area contributed by atoms with Gasteiger partial charge in [-0.1, -0.05) is 0 Å². The molecule has 17 heavy (non-hydrogen) atoms. The van der Waals surface area contributed by atoms with Crippen molar-refractivity contribution in [3.05, 3.63) is 11.8 Å². The molecular weight excluding hydrogens is 218 g/mol. The summed E-state index contributed by atoms with van der Waals surface area (Å²) in [4.78, 5) is 21.8. The first kappa shape index (κ1) is 11.6. The van der Waals surface area contributed by atoms with E-state index in [1.807, 2.05) is 6.92 Å². The van der Waals surface area contributed by atoms with E-state index in [2.05, 4.69) is 20.2 Å². The lowest BCUT2D eigenvalue weighted by Gasteiger charge is -2.19. The van der Waals surface area contributed by atoms with Crippen molar-refractivity contribution in [1.82, 2.24) is 9.97 Å². The molecule has 2 heterocycles. The van der Waals surface area contributed by atoms with Crippen LogP contribution in [-0.4, -0.2) is 36.0 Å². The van der Waals surface area contributed by atoms with Gasteiger partial charge in [0.1, 0.15) is 5.82 Å². The predicted molar refractivity (Wildman–Crippen MR) is 65.8 cm³/mol. The van der Waals surface area contributed by atoms with Crippen LogP contribution in [0.3, 0.4) is 0 Å². The fraction of sp³-hybridized carbons (Fsp3) is 0.545. The van der Waals surface area contributed by atoms with Crippen LogP contribution in [0.5, 0.6) is 0 Å². The monoisotopic (exact) mass is 235 g/mol. The Morgan fingerprint density at radius 1 is 1.65 bits per heavy atom. The second-order valence-electron chi connectivity index (χ2n) is 4.28. The van der Waals surface area contributed by atoms with Crippen LogP contribution in [0.25, 0.3) is 0 Å². The Hall–Kier alpha value is -1.85. The molecule has 3 N–H and O–H groups in total. The molecule has 1 amide bonds. The van der Waals surface area contributed by atoms with Gasteiger partial charge >= 0.3 is 0 Å². The molecule has 6 heteroatoms. The summed E-state index contributed by atoms with van der Waals surface area (Å²) in [7, 11) is 1.78. The number of nitrogens with two attached hydrogens (primary N) is 1. The number of anilines is 2. The molecule has 92 valence electrons. The van der Waals surface area contributed by atoms with E-state index >= 15 is 0 Å². The second kappa shape index (κ2) is 4.57. The SMILES string of the molecule is CNc1ncc(C)c(N2CCC(C(N)=O)C2)n1. The first-order chi connectivity index (χ1) is 8.11. The summed E-state index contributed by atoms with van der Waals surface area (Å²) in [5, 5.41) is 2.91. The minimum absolute atomic E-state index is 0.0672. The fourth-order valence-corrected chi connectivity index (χ4v) is 2.06. The van der Waals surface area contributed by atoms with Crippen LogP contribution in [-0.2, 0) is 4.79 Å². The Kier molecular flexibility index (Phi) is 3.12. The van der Waals surface area contributed by atoms with E-state index in [1.54, 1.807) is 13.2 Å². The van der Waals surface area contributed by atoms with Gasteiger partial charge in [0, 0.05) is 31.9 Å². The third kappa shape index (κ3) is 2.30. The molecular formula is C11H17N5O. The summed E-state index contributed by atoms with van der Waals surface area (Å²) < 4.78 is 0. The summed E-state index contributed by atoms with van der Waals surface area (Å²) in [5.41, 5.74) is 6.33. The van der Waals surface area contributed by atoms with Gasteiger partial charge in [-0.2, -0.15) is 4.98 Å². The molecule has 1 aliphatic rings. The van der Waals surface area contributed by atoms with E-state index in [0.29, 0.717) is 12.5 Å². The van der Waals surface area contributed by atoms with Gasteiger partial charge in [0.05, 0.1) is 5.92 Å². The number of nitrogens with one attached hydrogen (secondary N) is 1. The smallest absolute Gasteiger partial charge is 0.224 e. The molecule has 0 aromatic carbocycles. The quantitative estimate of drug-likeness (QED) is 0.778. The van der Waals surface area contributed by atoms with Crippen molar-refractivity contribution in [3.63, 3.8) is 0 Å². The van der Waals surface area contributed by atoms with Crippen LogP contribution in [0.2, 0.25) is 0 Å². The lowest BCUT2D eigenvalue weighted by atomic mass is 10.1. The van der Waals surface area contributed by atoms with E-state index in [0.717, 1.165) is 24.3 Å². The Labute approximate surface area is 100 Å². The number of aryl methyl sites for hydroxylation is 1. The number of primary amides is 1. The number of hydrogen-bond acceptors (Lipinski definition) is 5. The normalized spacial score (nSPS) is 19.4. The number of nitrogens with zero attached hydrogens (tertiary/aromatic N) is 3. The molecule has 1 unspecified atom stereocenters. The molecule has 1 atom stereocenters. The summed E-state index contributed by atoms with van der Waals surface area (Å²) in [6.07, 6.45) is 2.58. The van der Waals surface area contributed by atoms with Gasteiger partial charge in [-0.15, -0.1) is 0 Å².